The van der Waals surface area contributed by atoms with Crippen LogP contribution in [0.25, 0.3) is 0 Å². The quantitative estimate of drug-likeness (QED) is 0.806. The van der Waals surface area contributed by atoms with E-state index < -0.39 is 0 Å². The van der Waals surface area contributed by atoms with Crippen molar-refractivity contribution in [3.8, 4) is 5.75 Å². The van der Waals surface area contributed by atoms with Crippen LogP contribution in [0.1, 0.15) is 58.4 Å². The average molecular weight is 318 g/mol. The van der Waals surface area contributed by atoms with E-state index in [1.54, 1.807) is 0 Å². The Hall–Kier alpha value is -1.71. The minimum Gasteiger partial charge on any atom is -0.492 e. The van der Waals surface area contributed by atoms with Gasteiger partial charge in [0.1, 0.15) is 12.4 Å². The SMILES string of the molecule is CC(C)(C)c1ccc(OCCNC(=O)NC2CCCCC2)cc1. The van der Waals surface area contributed by atoms with Crippen molar-refractivity contribution in [2.24, 2.45) is 0 Å². The third-order valence-electron chi connectivity index (χ3n) is 4.32. The van der Waals surface area contributed by atoms with E-state index in [9.17, 15) is 4.79 Å². The summed E-state index contributed by atoms with van der Waals surface area (Å²) in [5.41, 5.74) is 1.44. The predicted molar refractivity (Wildman–Crippen MR) is 94.0 cm³/mol. The van der Waals surface area contributed by atoms with E-state index in [0.717, 1.165) is 18.6 Å². The molecular weight excluding hydrogens is 288 g/mol. The predicted octanol–water partition coefficient (Wildman–Crippen LogP) is 3.99. The van der Waals surface area contributed by atoms with E-state index >= 15 is 0 Å². The summed E-state index contributed by atoms with van der Waals surface area (Å²) in [6.07, 6.45) is 5.94. The molecular formula is C19H30N2O2. The molecule has 0 radical (unpaired) electrons. The maximum atomic E-state index is 11.8. The number of amides is 2. The molecule has 1 aromatic rings. The second-order valence-corrected chi connectivity index (χ2v) is 7.36. The molecule has 1 aliphatic rings. The van der Waals surface area contributed by atoms with Gasteiger partial charge in [-0.05, 0) is 36.0 Å². The maximum Gasteiger partial charge on any atom is 0.315 e. The topological polar surface area (TPSA) is 50.4 Å². The summed E-state index contributed by atoms with van der Waals surface area (Å²) < 4.78 is 5.67. The molecule has 1 fully saturated rings. The number of hydrogen-bond donors (Lipinski definition) is 2. The number of urea groups is 1. The third-order valence-corrected chi connectivity index (χ3v) is 4.32. The molecule has 2 amide bonds. The number of carbonyl (C=O) groups excluding carboxylic acids is 1. The van der Waals surface area contributed by atoms with Crippen molar-refractivity contribution in [1.82, 2.24) is 10.6 Å². The molecule has 0 heterocycles. The van der Waals surface area contributed by atoms with E-state index in [2.05, 4.69) is 43.5 Å². The molecule has 0 aliphatic heterocycles. The molecule has 0 atom stereocenters. The van der Waals surface area contributed by atoms with Gasteiger partial charge in [0, 0.05) is 6.04 Å². The molecule has 1 saturated carbocycles. The van der Waals surface area contributed by atoms with Crippen LogP contribution in [-0.4, -0.2) is 25.2 Å². The van der Waals surface area contributed by atoms with Crippen LogP contribution in [0, 0.1) is 0 Å². The Morgan fingerprint density at radius 1 is 1.13 bits per heavy atom. The third kappa shape index (κ3) is 6.12. The Bertz CT molecular complexity index is 485. The summed E-state index contributed by atoms with van der Waals surface area (Å²) in [5, 5.41) is 5.90. The lowest BCUT2D eigenvalue weighted by atomic mass is 9.87. The lowest BCUT2D eigenvalue weighted by molar-refractivity contribution is 0.228. The summed E-state index contributed by atoms with van der Waals surface area (Å²) in [4.78, 5) is 11.8. The summed E-state index contributed by atoms with van der Waals surface area (Å²) in [6, 6.07) is 8.43. The highest BCUT2D eigenvalue weighted by Crippen LogP contribution is 2.24. The highest BCUT2D eigenvalue weighted by atomic mass is 16.5. The van der Waals surface area contributed by atoms with Gasteiger partial charge >= 0.3 is 6.03 Å². The second kappa shape index (κ2) is 8.23. The van der Waals surface area contributed by atoms with Crippen LogP contribution in [0.15, 0.2) is 24.3 Å². The summed E-state index contributed by atoms with van der Waals surface area (Å²) in [5.74, 6) is 0.840. The normalized spacial score (nSPS) is 16.0. The number of ether oxygens (including phenoxy) is 1. The van der Waals surface area contributed by atoms with E-state index in [4.69, 9.17) is 4.74 Å². The molecule has 4 heteroatoms. The van der Waals surface area contributed by atoms with Crippen molar-refractivity contribution in [3.63, 3.8) is 0 Å². The number of benzene rings is 1. The Morgan fingerprint density at radius 3 is 2.39 bits per heavy atom. The van der Waals surface area contributed by atoms with Crippen LogP contribution in [0.2, 0.25) is 0 Å². The average Bonchev–Trinajstić information content (AvgIpc) is 2.52. The lowest BCUT2D eigenvalue weighted by Crippen LogP contribution is -2.44. The van der Waals surface area contributed by atoms with Crippen molar-refractivity contribution in [3.05, 3.63) is 29.8 Å². The van der Waals surface area contributed by atoms with Crippen LogP contribution < -0.4 is 15.4 Å². The molecule has 0 unspecified atom stereocenters. The molecule has 23 heavy (non-hydrogen) atoms. The van der Waals surface area contributed by atoms with Gasteiger partial charge in [-0.3, -0.25) is 0 Å². The highest BCUT2D eigenvalue weighted by Gasteiger charge is 2.15. The fourth-order valence-electron chi connectivity index (χ4n) is 2.87. The van der Waals surface area contributed by atoms with Gasteiger partial charge in [-0.25, -0.2) is 4.79 Å². The van der Waals surface area contributed by atoms with Gasteiger partial charge in [0.05, 0.1) is 6.54 Å². The van der Waals surface area contributed by atoms with Crippen molar-refractivity contribution in [2.75, 3.05) is 13.2 Å². The molecule has 128 valence electrons. The zero-order valence-corrected chi connectivity index (χ0v) is 14.7. The summed E-state index contributed by atoms with van der Waals surface area (Å²) >= 11 is 0. The van der Waals surface area contributed by atoms with Gasteiger partial charge in [0.25, 0.3) is 0 Å². The highest BCUT2D eigenvalue weighted by molar-refractivity contribution is 5.74. The standard InChI is InChI=1S/C19H30N2O2/c1-19(2,3)15-9-11-17(12-10-15)23-14-13-20-18(22)21-16-7-5-4-6-8-16/h9-12,16H,4-8,13-14H2,1-3H3,(H2,20,21,22). The molecule has 1 aromatic carbocycles. The Labute approximate surface area is 140 Å². The Balaban J connectivity index is 1.64. The van der Waals surface area contributed by atoms with Gasteiger partial charge in [-0.2, -0.15) is 0 Å². The van der Waals surface area contributed by atoms with E-state index in [1.807, 2.05) is 12.1 Å². The van der Waals surface area contributed by atoms with Crippen molar-refractivity contribution in [2.45, 2.75) is 64.3 Å². The van der Waals surface area contributed by atoms with Crippen molar-refractivity contribution >= 4 is 6.03 Å². The molecule has 0 bridgehead atoms. The van der Waals surface area contributed by atoms with Crippen LogP contribution in [-0.2, 0) is 5.41 Å². The smallest absolute Gasteiger partial charge is 0.315 e. The van der Waals surface area contributed by atoms with Gasteiger partial charge in [0.2, 0.25) is 0 Å². The van der Waals surface area contributed by atoms with E-state index in [1.165, 1.54) is 24.8 Å². The van der Waals surface area contributed by atoms with Crippen molar-refractivity contribution < 1.29 is 9.53 Å². The fraction of sp³-hybridized carbons (Fsp3) is 0.632. The van der Waals surface area contributed by atoms with Gasteiger partial charge in [-0.1, -0.05) is 52.2 Å². The van der Waals surface area contributed by atoms with Crippen molar-refractivity contribution in [1.29, 1.82) is 0 Å². The summed E-state index contributed by atoms with van der Waals surface area (Å²) in [7, 11) is 0. The minimum absolute atomic E-state index is 0.0800. The Kier molecular flexibility index (Phi) is 6.31. The van der Waals surface area contributed by atoms with Gasteiger partial charge in [-0.15, -0.1) is 0 Å². The van der Waals surface area contributed by atoms with Crippen LogP contribution in [0.3, 0.4) is 0 Å². The van der Waals surface area contributed by atoms with Gasteiger partial charge in [0.15, 0.2) is 0 Å². The molecule has 2 N–H and O–H groups in total. The second-order valence-electron chi connectivity index (χ2n) is 7.36. The molecule has 0 spiro atoms. The van der Waals surface area contributed by atoms with Crippen LogP contribution >= 0.6 is 0 Å². The zero-order chi connectivity index (χ0) is 16.7. The lowest BCUT2D eigenvalue weighted by Gasteiger charge is -2.22. The summed E-state index contributed by atoms with van der Waals surface area (Å²) in [6.45, 7) is 7.57. The Morgan fingerprint density at radius 2 is 1.78 bits per heavy atom. The minimum atomic E-state index is -0.0800. The first kappa shape index (κ1) is 17.6. The fourth-order valence-corrected chi connectivity index (χ4v) is 2.87. The molecule has 0 saturated heterocycles. The number of hydrogen-bond acceptors (Lipinski definition) is 2. The van der Waals surface area contributed by atoms with Gasteiger partial charge < -0.3 is 15.4 Å². The first-order valence-electron chi connectivity index (χ1n) is 8.73. The first-order chi connectivity index (χ1) is 10.9. The number of carbonyl (C=O) groups is 1. The van der Waals surface area contributed by atoms with E-state index in [0.29, 0.717) is 19.2 Å². The molecule has 0 aromatic heterocycles. The van der Waals surface area contributed by atoms with E-state index in [-0.39, 0.29) is 11.4 Å². The molecule has 4 nitrogen and oxygen atoms in total. The maximum absolute atomic E-state index is 11.8. The molecule has 2 rings (SSSR count). The van der Waals surface area contributed by atoms with Crippen LogP contribution in [0.5, 0.6) is 5.75 Å². The van der Waals surface area contributed by atoms with Crippen LogP contribution in [0.4, 0.5) is 4.79 Å². The molecule has 1 aliphatic carbocycles. The zero-order valence-electron chi connectivity index (χ0n) is 14.7. The first-order valence-corrected chi connectivity index (χ1v) is 8.73. The number of nitrogens with one attached hydrogen (secondary N) is 2. The monoisotopic (exact) mass is 318 g/mol. The number of rotatable bonds is 5. The largest absolute Gasteiger partial charge is 0.492 e.